The topological polar surface area (TPSA) is 50.1 Å². The summed E-state index contributed by atoms with van der Waals surface area (Å²) in [4.78, 5) is 14.3. The van der Waals surface area contributed by atoms with Crippen molar-refractivity contribution in [1.29, 1.82) is 0 Å². The van der Waals surface area contributed by atoms with Crippen molar-refractivity contribution in [2.45, 2.75) is 26.8 Å². The lowest BCUT2D eigenvalue weighted by molar-refractivity contribution is -0.00000564. The fraction of sp³-hybridized carbons (Fsp3) is 0.450. The number of rotatable bonds is 5. The van der Waals surface area contributed by atoms with Crippen LogP contribution in [0.1, 0.15) is 18.3 Å². The first-order valence-electron chi connectivity index (χ1n) is 9.46. The van der Waals surface area contributed by atoms with Gasteiger partial charge in [-0.25, -0.2) is 14.6 Å². The second-order valence-corrected chi connectivity index (χ2v) is 6.86. The second-order valence-electron chi connectivity index (χ2n) is 6.86. The average Bonchev–Trinajstić information content (AvgIpc) is 3.09. The van der Waals surface area contributed by atoms with Gasteiger partial charge in [-0.1, -0.05) is 37.3 Å². The fourth-order valence-corrected chi connectivity index (χ4v) is 3.61. The van der Waals surface area contributed by atoms with Crippen LogP contribution in [-0.2, 0) is 13.0 Å². The van der Waals surface area contributed by atoms with Crippen molar-refractivity contribution >= 4 is 16.9 Å². The van der Waals surface area contributed by atoms with Crippen LogP contribution in [0.5, 0.6) is 0 Å². The summed E-state index contributed by atoms with van der Waals surface area (Å²) in [6.45, 7) is 10.3. The average molecular weight is 386 g/mol. The smallest absolute Gasteiger partial charge is 0.163 e. The lowest BCUT2D eigenvalue weighted by atomic mass is 10.1. The van der Waals surface area contributed by atoms with Crippen LogP contribution < -0.4 is 17.3 Å². The highest BCUT2D eigenvalue weighted by Gasteiger charge is 2.21. The van der Waals surface area contributed by atoms with Gasteiger partial charge in [0.05, 0.1) is 11.6 Å². The maximum Gasteiger partial charge on any atom is 0.163 e. The Morgan fingerprint density at radius 1 is 1.00 bits per heavy atom. The normalized spacial score (nSPS) is 15.1. The summed E-state index contributed by atoms with van der Waals surface area (Å²) in [7, 11) is 0. The Morgan fingerprint density at radius 3 is 2.44 bits per heavy atom. The molecule has 1 aromatic carbocycles. The summed E-state index contributed by atoms with van der Waals surface area (Å²) < 4.78 is 2.02. The molecule has 0 aliphatic carbocycles. The maximum absolute atomic E-state index is 4.75. The molecular weight excluding hydrogens is 360 g/mol. The highest BCUT2D eigenvalue weighted by Crippen LogP contribution is 2.25. The van der Waals surface area contributed by atoms with Crippen molar-refractivity contribution < 1.29 is 12.4 Å². The molecule has 0 radical (unpaired) electrons. The number of piperazine rings is 1. The van der Waals surface area contributed by atoms with Crippen molar-refractivity contribution in [3.05, 3.63) is 47.9 Å². The third-order valence-electron chi connectivity index (χ3n) is 5.16. The van der Waals surface area contributed by atoms with E-state index in [1.54, 1.807) is 0 Å². The molecule has 1 fully saturated rings. The SMILES string of the molecule is CCN1CCN(c2nc(C)nc3c2cnn3CCc2ccccc2)CC1.[Cl-]. The van der Waals surface area contributed by atoms with Gasteiger partial charge >= 0.3 is 0 Å². The van der Waals surface area contributed by atoms with Gasteiger partial charge in [-0.15, -0.1) is 0 Å². The first kappa shape index (κ1) is 19.6. The molecule has 27 heavy (non-hydrogen) atoms. The highest BCUT2D eigenvalue weighted by molar-refractivity contribution is 5.87. The Bertz CT molecular complexity index is 871. The van der Waals surface area contributed by atoms with Crippen LogP contribution >= 0.6 is 0 Å². The quantitative estimate of drug-likeness (QED) is 0.594. The molecule has 0 unspecified atom stereocenters. The predicted molar refractivity (Wildman–Crippen MR) is 105 cm³/mol. The molecule has 0 bridgehead atoms. The Morgan fingerprint density at radius 2 is 1.74 bits per heavy atom. The number of likely N-dealkylation sites (N-methyl/N-ethyl adjacent to an activating group) is 1. The summed E-state index contributed by atoms with van der Waals surface area (Å²) in [6.07, 6.45) is 2.88. The van der Waals surface area contributed by atoms with Gasteiger partial charge in [0.15, 0.2) is 5.65 Å². The lowest BCUT2D eigenvalue weighted by Gasteiger charge is -2.35. The molecule has 1 saturated heterocycles. The first-order valence-corrected chi connectivity index (χ1v) is 9.46. The van der Waals surface area contributed by atoms with E-state index in [0.29, 0.717) is 0 Å². The molecule has 7 heteroatoms. The summed E-state index contributed by atoms with van der Waals surface area (Å²) in [5.41, 5.74) is 2.26. The van der Waals surface area contributed by atoms with Crippen LogP contribution in [0.2, 0.25) is 0 Å². The highest BCUT2D eigenvalue weighted by atomic mass is 35.5. The van der Waals surface area contributed by atoms with Crippen LogP contribution in [0.4, 0.5) is 5.82 Å². The zero-order valence-corrected chi connectivity index (χ0v) is 16.7. The van der Waals surface area contributed by atoms with Crippen molar-refractivity contribution in [3.8, 4) is 0 Å². The number of nitrogens with zero attached hydrogens (tertiary/aromatic N) is 6. The van der Waals surface area contributed by atoms with Gasteiger partial charge in [0.1, 0.15) is 11.6 Å². The van der Waals surface area contributed by atoms with E-state index in [0.717, 1.165) is 68.4 Å². The number of aryl methyl sites for hydroxylation is 3. The number of hydrogen-bond donors (Lipinski definition) is 0. The van der Waals surface area contributed by atoms with E-state index in [1.165, 1.54) is 5.56 Å². The fourth-order valence-electron chi connectivity index (χ4n) is 3.61. The van der Waals surface area contributed by atoms with E-state index in [4.69, 9.17) is 4.98 Å². The van der Waals surface area contributed by atoms with Gasteiger partial charge in [-0.3, -0.25) is 0 Å². The minimum absolute atomic E-state index is 0. The lowest BCUT2D eigenvalue weighted by Crippen LogP contribution is -3.00. The van der Waals surface area contributed by atoms with Gasteiger partial charge < -0.3 is 22.2 Å². The third-order valence-corrected chi connectivity index (χ3v) is 5.16. The standard InChI is InChI=1S/C20H26N6.ClH/c1-3-24-11-13-25(14-12-24)19-18-15-21-26(20(18)23-16(2)22-19)10-9-17-7-5-4-6-8-17;/h4-8,15H,3,9-14H2,1-2H3;1H/p-1. The van der Waals surface area contributed by atoms with Crippen LogP contribution in [0, 0.1) is 6.92 Å². The molecule has 3 heterocycles. The van der Waals surface area contributed by atoms with Gasteiger partial charge in [0, 0.05) is 32.7 Å². The van der Waals surface area contributed by atoms with E-state index in [-0.39, 0.29) is 12.4 Å². The molecule has 0 spiro atoms. The van der Waals surface area contributed by atoms with Crippen LogP contribution in [0.25, 0.3) is 11.0 Å². The summed E-state index contributed by atoms with van der Waals surface area (Å²) in [6, 6.07) is 10.5. The van der Waals surface area contributed by atoms with Gasteiger partial charge in [-0.05, 0) is 25.5 Å². The summed E-state index contributed by atoms with van der Waals surface area (Å²) in [5.74, 6) is 1.85. The molecular formula is C20H26ClN6-. The molecule has 1 aliphatic heterocycles. The molecule has 0 N–H and O–H groups in total. The van der Waals surface area contributed by atoms with Crippen molar-refractivity contribution in [2.75, 3.05) is 37.6 Å². The van der Waals surface area contributed by atoms with E-state index >= 15 is 0 Å². The van der Waals surface area contributed by atoms with E-state index in [9.17, 15) is 0 Å². The Labute approximate surface area is 166 Å². The Kier molecular flexibility index (Phi) is 6.29. The molecule has 2 aromatic heterocycles. The second kappa shape index (κ2) is 8.67. The number of benzene rings is 1. The summed E-state index contributed by atoms with van der Waals surface area (Å²) >= 11 is 0. The molecule has 3 aromatic rings. The van der Waals surface area contributed by atoms with E-state index in [1.807, 2.05) is 23.9 Å². The van der Waals surface area contributed by atoms with E-state index in [2.05, 4.69) is 51.1 Å². The van der Waals surface area contributed by atoms with Crippen LogP contribution in [-0.4, -0.2) is 57.4 Å². The zero-order chi connectivity index (χ0) is 17.9. The number of anilines is 1. The monoisotopic (exact) mass is 385 g/mol. The molecule has 0 amide bonds. The van der Waals surface area contributed by atoms with Gasteiger partial charge in [0.25, 0.3) is 0 Å². The maximum atomic E-state index is 4.75. The predicted octanol–water partition coefficient (Wildman–Crippen LogP) is -0.477. The van der Waals surface area contributed by atoms with Crippen molar-refractivity contribution in [2.24, 2.45) is 0 Å². The minimum atomic E-state index is 0. The number of fused-ring (bicyclic) bond motifs is 1. The first-order chi connectivity index (χ1) is 12.7. The van der Waals surface area contributed by atoms with E-state index < -0.39 is 0 Å². The van der Waals surface area contributed by atoms with Crippen molar-refractivity contribution in [3.63, 3.8) is 0 Å². The molecule has 0 atom stereocenters. The number of aromatic nitrogens is 4. The Hall–Kier alpha value is -2.18. The van der Waals surface area contributed by atoms with Crippen molar-refractivity contribution in [1.82, 2.24) is 24.6 Å². The third kappa shape index (κ3) is 4.22. The largest absolute Gasteiger partial charge is 1.00 e. The van der Waals surface area contributed by atoms with Gasteiger partial charge in [0.2, 0.25) is 0 Å². The molecule has 6 nitrogen and oxygen atoms in total. The molecule has 0 saturated carbocycles. The summed E-state index contributed by atoms with van der Waals surface area (Å²) in [5, 5.41) is 5.68. The van der Waals surface area contributed by atoms with Gasteiger partial charge in [-0.2, -0.15) is 5.10 Å². The number of hydrogen-bond acceptors (Lipinski definition) is 5. The molecule has 144 valence electrons. The Balaban J connectivity index is 0.00000210. The number of halogens is 1. The molecule has 1 aliphatic rings. The van der Waals surface area contributed by atoms with Crippen LogP contribution in [0.15, 0.2) is 36.5 Å². The molecule has 4 rings (SSSR count). The minimum Gasteiger partial charge on any atom is -1.00 e. The van der Waals surface area contributed by atoms with Crippen LogP contribution in [0.3, 0.4) is 0 Å². The zero-order valence-electron chi connectivity index (χ0n) is 16.0.